The number of ether oxygens (including phenoxy) is 1. The van der Waals surface area contributed by atoms with Crippen LogP contribution in [0.3, 0.4) is 0 Å². The van der Waals surface area contributed by atoms with E-state index in [4.69, 9.17) is 0 Å². The Hall–Kier alpha value is -0.890. The van der Waals surface area contributed by atoms with E-state index in [0.717, 1.165) is 13.2 Å². The third kappa shape index (κ3) is 11.0. The smallest absolute Gasteiger partial charge is 0.177 e. The van der Waals surface area contributed by atoms with Crippen LogP contribution in [-0.2, 0) is 9.53 Å². The second-order valence-corrected chi connectivity index (χ2v) is 1.42. The van der Waals surface area contributed by atoms with Crippen molar-refractivity contribution < 1.29 is 9.53 Å². The molecule has 50 valence electrons. The Morgan fingerprint density at radius 2 is 1.67 bits per heavy atom. The summed E-state index contributed by atoms with van der Waals surface area (Å²) in [6.07, 6.45) is 2.43. The highest BCUT2D eigenvalue weighted by Crippen LogP contribution is 1.84. The highest BCUT2D eigenvalue weighted by molar-refractivity contribution is 5.98. The van der Waals surface area contributed by atoms with E-state index < -0.39 is 0 Å². The van der Waals surface area contributed by atoms with Crippen molar-refractivity contribution in [2.75, 3.05) is 13.2 Å². The zero-order chi connectivity index (χ0) is 7.11. The Morgan fingerprint density at radius 1 is 1.33 bits per heavy atom. The quantitative estimate of drug-likeness (QED) is 0.407. The fourth-order valence-electron chi connectivity index (χ4n) is 0.0833. The molecule has 0 radical (unpaired) electrons. The van der Waals surface area contributed by atoms with Crippen molar-refractivity contribution in [2.24, 2.45) is 0 Å². The van der Waals surface area contributed by atoms with Gasteiger partial charge in [0, 0.05) is 0 Å². The molecule has 2 heteroatoms. The van der Waals surface area contributed by atoms with Crippen LogP contribution < -0.4 is 0 Å². The molecule has 0 aliphatic carbocycles. The summed E-state index contributed by atoms with van der Waals surface area (Å²) < 4.78 is 4.50. The first kappa shape index (κ1) is 8.11. The summed E-state index contributed by atoms with van der Waals surface area (Å²) in [4.78, 5) is 9.94. The summed E-state index contributed by atoms with van der Waals surface area (Å²) in [5, 5.41) is 0. The zero-order valence-corrected chi connectivity index (χ0v) is 5.30. The van der Waals surface area contributed by atoms with Gasteiger partial charge in [0.2, 0.25) is 0 Å². The lowest BCUT2D eigenvalue weighted by Crippen LogP contribution is -1.78. The first-order valence-electron chi connectivity index (χ1n) is 2.68. The van der Waals surface area contributed by atoms with Crippen LogP contribution in [0, 0.1) is 0 Å². The molecule has 1 rings (SSSR count). The van der Waals surface area contributed by atoms with Crippen LogP contribution in [0.25, 0.3) is 0 Å². The van der Waals surface area contributed by atoms with E-state index in [1.54, 1.807) is 0 Å². The van der Waals surface area contributed by atoms with Gasteiger partial charge in [0.05, 0.1) is 13.2 Å². The molecular formula is C7H10O2. The summed E-state index contributed by atoms with van der Waals surface area (Å²) in [6, 6.07) is 0. The van der Waals surface area contributed by atoms with Crippen molar-refractivity contribution in [3.63, 3.8) is 0 Å². The molecule has 0 N–H and O–H groups in total. The number of ketones is 1. The largest absolute Gasteiger partial charge is 0.377 e. The first-order chi connectivity index (χ1) is 4.31. The minimum Gasteiger partial charge on any atom is -0.377 e. The third-order valence-corrected chi connectivity index (χ3v) is 0.606. The molecule has 0 aromatic heterocycles. The van der Waals surface area contributed by atoms with E-state index in [0.29, 0.717) is 0 Å². The molecule has 0 unspecified atom stereocenters. The van der Waals surface area contributed by atoms with Crippen molar-refractivity contribution in [2.45, 2.75) is 0 Å². The number of rotatable bonds is 2. The summed E-state index contributed by atoms with van der Waals surface area (Å²) in [5.41, 5.74) is 0. The Balaban J connectivity index is 0.000000173. The van der Waals surface area contributed by atoms with Gasteiger partial charge in [-0.15, -0.1) is 0 Å². The van der Waals surface area contributed by atoms with Gasteiger partial charge in [-0.2, -0.15) is 0 Å². The van der Waals surface area contributed by atoms with Gasteiger partial charge in [-0.1, -0.05) is 13.2 Å². The van der Waals surface area contributed by atoms with Crippen molar-refractivity contribution in [1.82, 2.24) is 0 Å². The SMILES string of the molecule is C1CO1.C=CC(=O)C=C. The second kappa shape index (κ2) is 5.25. The second-order valence-electron chi connectivity index (χ2n) is 1.42. The number of allylic oxidation sites excluding steroid dienone is 2. The van der Waals surface area contributed by atoms with Crippen LogP contribution in [0.15, 0.2) is 25.3 Å². The molecule has 0 amide bonds. The predicted octanol–water partition coefficient (Wildman–Crippen LogP) is 0.944. The van der Waals surface area contributed by atoms with Gasteiger partial charge in [-0.3, -0.25) is 4.79 Å². The van der Waals surface area contributed by atoms with E-state index in [-0.39, 0.29) is 5.78 Å². The van der Waals surface area contributed by atoms with Crippen LogP contribution in [0.4, 0.5) is 0 Å². The predicted molar refractivity (Wildman–Crippen MR) is 36.2 cm³/mol. The minimum absolute atomic E-state index is 0.130. The third-order valence-electron chi connectivity index (χ3n) is 0.606. The molecule has 1 aliphatic heterocycles. The lowest BCUT2D eigenvalue weighted by Gasteiger charge is -1.68. The van der Waals surface area contributed by atoms with Gasteiger partial charge in [-0.05, 0) is 12.2 Å². The lowest BCUT2D eigenvalue weighted by molar-refractivity contribution is -0.110. The zero-order valence-electron chi connectivity index (χ0n) is 5.30. The van der Waals surface area contributed by atoms with Gasteiger partial charge in [0.25, 0.3) is 0 Å². The van der Waals surface area contributed by atoms with Crippen molar-refractivity contribution in [3.05, 3.63) is 25.3 Å². The maximum atomic E-state index is 9.94. The number of epoxide rings is 1. The molecule has 0 saturated carbocycles. The van der Waals surface area contributed by atoms with E-state index in [1.165, 1.54) is 12.2 Å². The molecule has 1 saturated heterocycles. The Labute approximate surface area is 54.8 Å². The van der Waals surface area contributed by atoms with E-state index >= 15 is 0 Å². The topological polar surface area (TPSA) is 29.6 Å². The lowest BCUT2D eigenvalue weighted by atomic mass is 10.4. The summed E-state index contributed by atoms with van der Waals surface area (Å²) in [6.45, 7) is 8.42. The number of carbonyl (C=O) groups is 1. The maximum Gasteiger partial charge on any atom is 0.177 e. The molecule has 2 nitrogen and oxygen atoms in total. The maximum absolute atomic E-state index is 9.94. The van der Waals surface area contributed by atoms with Gasteiger partial charge in [0.15, 0.2) is 5.78 Å². The first-order valence-corrected chi connectivity index (χ1v) is 2.68. The molecule has 0 bridgehead atoms. The Kier molecular flexibility index (Phi) is 4.73. The van der Waals surface area contributed by atoms with E-state index in [2.05, 4.69) is 17.9 Å². The van der Waals surface area contributed by atoms with Crippen LogP contribution in [0.2, 0.25) is 0 Å². The monoisotopic (exact) mass is 126 g/mol. The van der Waals surface area contributed by atoms with Crippen LogP contribution >= 0.6 is 0 Å². The van der Waals surface area contributed by atoms with Crippen LogP contribution in [-0.4, -0.2) is 19.0 Å². The molecule has 1 heterocycles. The van der Waals surface area contributed by atoms with Crippen LogP contribution in [0.5, 0.6) is 0 Å². The van der Waals surface area contributed by atoms with Gasteiger partial charge >= 0.3 is 0 Å². The fourth-order valence-corrected chi connectivity index (χ4v) is 0.0833. The molecule has 0 aromatic rings. The molecule has 0 aromatic carbocycles. The molecular weight excluding hydrogens is 116 g/mol. The fraction of sp³-hybridized carbons (Fsp3) is 0.286. The van der Waals surface area contributed by atoms with Crippen molar-refractivity contribution in [3.8, 4) is 0 Å². The molecule has 0 atom stereocenters. The Bertz CT molecular complexity index is 101. The average Bonchev–Trinajstić information content (AvgIpc) is 2.70. The van der Waals surface area contributed by atoms with E-state index in [9.17, 15) is 4.79 Å². The summed E-state index contributed by atoms with van der Waals surface area (Å²) in [5.74, 6) is -0.130. The Morgan fingerprint density at radius 3 is 1.67 bits per heavy atom. The highest BCUT2D eigenvalue weighted by atomic mass is 16.6. The summed E-state index contributed by atoms with van der Waals surface area (Å²) in [7, 11) is 0. The normalized spacial score (nSPS) is 12.4. The average molecular weight is 126 g/mol. The number of hydrogen-bond acceptors (Lipinski definition) is 2. The van der Waals surface area contributed by atoms with Gasteiger partial charge in [-0.25, -0.2) is 0 Å². The molecule has 0 spiro atoms. The number of hydrogen-bond donors (Lipinski definition) is 0. The number of carbonyl (C=O) groups excluding carboxylic acids is 1. The van der Waals surface area contributed by atoms with Gasteiger partial charge in [0.1, 0.15) is 0 Å². The molecule has 1 aliphatic rings. The molecule has 1 fully saturated rings. The van der Waals surface area contributed by atoms with E-state index in [1.807, 2.05) is 0 Å². The van der Waals surface area contributed by atoms with Gasteiger partial charge < -0.3 is 4.74 Å². The molecule has 9 heavy (non-hydrogen) atoms. The van der Waals surface area contributed by atoms with Crippen molar-refractivity contribution >= 4 is 5.78 Å². The highest BCUT2D eigenvalue weighted by Gasteiger charge is 1.94. The minimum atomic E-state index is -0.130. The standard InChI is InChI=1S/C5H6O.C2H4O/c1-3-5(6)4-2;1-2-3-1/h3-4H,1-2H2;1-2H2. The summed E-state index contributed by atoms with van der Waals surface area (Å²) >= 11 is 0. The van der Waals surface area contributed by atoms with Crippen molar-refractivity contribution in [1.29, 1.82) is 0 Å². The van der Waals surface area contributed by atoms with Crippen LogP contribution in [0.1, 0.15) is 0 Å².